The first-order valence-electron chi connectivity index (χ1n) is 10.5. The Hall–Kier alpha value is -4.12. The Morgan fingerprint density at radius 1 is 1.21 bits per heavy atom. The Kier molecular flexibility index (Phi) is 6.00. The van der Waals surface area contributed by atoms with Crippen LogP contribution in [-0.2, 0) is 9.53 Å². The number of hydrogen-bond acceptors (Lipinski definition) is 8. The molecular weight excluding hydrogens is 456 g/mol. The van der Waals surface area contributed by atoms with Gasteiger partial charge in [0.2, 0.25) is 0 Å². The number of furan rings is 1. The molecule has 1 aliphatic rings. The molecule has 0 radical (unpaired) electrons. The highest BCUT2D eigenvalue weighted by Crippen LogP contribution is 2.32. The summed E-state index contributed by atoms with van der Waals surface area (Å²) in [5.41, 5.74) is 2.25. The monoisotopic (exact) mass is 476 g/mol. The summed E-state index contributed by atoms with van der Waals surface area (Å²) in [6, 6.07) is 11.9. The maximum Gasteiger partial charge on any atom is 0.338 e. The number of fused-ring (bicyclic) bond motifs is 1. The number of urea groups is 1. The molecule has 172 valence electrons. The summed E-state index contributed by atoms with van der Waals surface area (Å²) in [6.45, 7) is 1.93. The van der Waals surface area contributed by atoms with E-state index in [-0.39, 0.29) is 17.9 Å². The van der Waals surface area contributed by atoms with E-state index in [0.29, 0.717) is 22.1 Å². The fourth-order valence-corrected chi connectivity index (χ4v) is 4.62. The standard InChI is InChI=1S/C23H20N6O4S/c1-2-32-22(30)18-16(27-23(31)28-19(18)17-9-6-10-33-17)12-34-21-15-11-26-29(20(15)24-13-25-21)14-7-4-3-5-8-14/h3-11,13,19H,2,12H2,1H3,(H2,27,28,31). The molecule has 0 aliphatic carbocycles. The van der Waals surface area contributed by atoms with E-state index in [1.165, 1.54) is 24.4 Å². The molecule has 2 amide bonds. The lowest BCUT2D eigenvalue weighted by Gasteiger charge is -2.27. The third-order valence-electron chi connectivity index (χ3n) is 5.16. The molecule has 10 nitrogen and oxygen atoms in total. The number of ether oxygens (including phenoxy) is 1. The molecule has 1 atom stereocenters. The van der Waals surface area contributed by atoms with Crippen molar-refractivity contribution in [2.75, 3.05) is 12.4 Å². The van der Waals surface area contributed by atoms with Crippen molar-refractivity contribution in [1.29, 1.82) is 0 Å². The minimum absolute atomic E-state index is 0.201. The molecule has 0 spiro atoms. The second-order valence-electron chi connectivity index (χ2n) is 7.26. The molecule has 5 rings (SSSR count). The van der Waals surface area contributed by atoms with Crippen molar-refractivity contribution in [2.24, 2.45) is 0 Å². The Labute approximate surface area is 198 Å². The molecule has 0 fully saturated rings. The maximum absolute atomic E-state index is 12.8. The number of amides is 2. The first-order valence-corrected chi connectivity index (χ1v) is 11.5. The van der Waals surface area contributed by atoms with Gasteiger partial charge in [0.15, 0.2) is 5.65 Å². The zero-order valence-electron chi connectivity index (χ0n) is 18.1. The molecule has 2 N–H and O–H groups in total. The van der Waals surface area contributed by atoms with Crippen molar-refractivity contribution < 1.29 is 18.7 Å². The van der Waals surface area contributed by atoms with Gasteiger partial charge in [0.05, 0.1) is 35.7 Å². The lowest BCUT2D eigenvalue weighted by atomic mass is 10.0. The molecule has 1 unspecified atom stereocenters. The van der Waals surface area contributed by atoms with Crippen LogP contribution in [0.5, 0.6) is 0 Å². The third-order valence-corrected chi connectivity index (χ3v) is 6.19. The second-order valence-corrected chi connectivity index (χ2v) is 8.22. The van der Waals surface area contributed by atoms with Gasteiger partial charge in [0, 0.05) is 11.4 Å². The molecule has 4 heterocycles. The molecule has 3 aromatic heterocycles. The van der Waals surface area contributed by atoms with Crippen LogP contribution in [-0.4, -0.2) is 44.1 Å². The van der Waals surface area contributed by atoms with E-state index in [4.69, 9.17) is 9.15 Å². The number of carbonyl (C=O) groups is 2. The predicted molar refractivity (Wildman–Crippen MR) is 124 cm³/mol. The summed E-state index contributed by atoms with van der Waals surface area (Å²) in [5.74, 6) is 0.173. The van der Waals surface area contributed by atoms with Crippen LogP contribution >= 0.6 is 11.8 Å². The van der Waals surface area contributed by atoms with Gasteiger partial charge in [-0.25, -0.2) is 24.2 Å². The molecule has 4 aromatic rings. The number of aromatic nitrogens is 4. The van der Waals surface area contributed by atoms with E-state index in [0.717, 1.165) is 11.1 Å². The average Bonchev–Trinajstić information content (AvgIpc) is 3.53. The molecule has 0 saturated carbocycles. The lowest BCUT2D eigenvalue weighted by molar-refractivity contribution is -0.139. The number of hydrogen-bond donors (Lipinski definition) is 2. The largest absolute Gasteiger partial charge is 0.467 e. The molecule has 1 aliphatic heterocycles. The highest BCUT2D eigenvalue weighted by molar-refractivity contribution is 7.99. The van der Waals surface area contributed by atoms with E-state index in [1.54, 1.807) is 29.9 Å². The normalized spacial score (nSPS) is 15.8. The smallest absolute Gasteiger partial charge is 0.338 e. The van der Waals surface area contributed by atoms with E-state index in [2.05, 4.69) is 25.7 Å². The van der Waals surface area contributed by atoms with Crippen LogP contribution in [0, 0.1) is 0 Å². The number of esters is 1. The molecular formula is C23H20N6O4S. The molecule has 1 aromatic carbocycles. The van der Waals surface area contributed by atoms with Crippen LogP contribution in [0.1, 0.15) is 18.7 Å². The van der Waals surface area contributed by atoms with Gasteiger partial charge in [-0.15, -0.1) is 0 Å². The Bertz CT molecular complexity index is 1370. The Morgan fingerprint density at radius 2 is 2.06 bits per heavy atom. The van der Waals surface area contributed by atoms with Crippen molar-refractivity contribution in [1.82, 2.24) is 30.4 Å². The number of rotatable bonds is 7. The minimum atomic E-state index is -0.760. The molecule has 11 heteroatoms. The fourth-order valence-electron chi connectivity index (χ4n) is 3.69. The number of nitrogens with one attached hydrogen (secondary N) is 2. The minimum Gasteiger partial charge on any atom is -0.467 e. The van der Waals surface area contributed by atoms with Crippen LogP contribution in [0.4, 0.5) is 4.79 Å². The number of nitrogens with zero attached hydrogens (tertiary/aromatic N) is 4. The van der Waals surface area contributed by atoms with Gasteiger partial charge in [-0.05, 0) is 31.2 Å². The summed E-state index contributed by atoms with van der Waals surface area (Å²) in [5, 5.41) is 11.4. The second kappa shape index (κ2) is 9.40. The van der Waals surface area contributed by atoms with Gasteiger partial charge < -0.3 is 19.8 Å². The number of para-hydroxylation sites is 1. The molecule has 0 bridgehead atoms. The van der Waals surface area contributed by atoms with Gasteiger partial charge in [-0.2, -0.15) is 5.10 Å². The summed E-state index contributed by atoms with van der Waals surface area (Å²) in [4.78, 5) is 34.0. The lowest BCUT2D eigenvalue weighted by Crippen LogP contribution is -2.46. The number of carbonyl (C=O) groups excluding carboxylic acids is 2. The van der Waals surface area contributed by atoms with Crippen LogP contribution in [0.3, 0.4) is 0 Å². The topological polar surface area (TPSA) is 124 Å². The molecule has 0 saturated heterocycles. The van der Waals surface area contributed by atoms with Crippen molar-refractivity contribution in [2.45, 2.75) is 18.0 Å². The first kappa shape index (κ1) is 21.7. The highest BCUT2D eigenvalue weighted by Gasteiger charge is 2.35. The van der Waals surface area contributed by atoms with Crippen LogP contribution in [0.2, 0.25) is 0 Å². The van der Waals surface area contributed by atoms with Crippen LogP contribution < -0.4 is 10.6 Å². The van der Waals surface area contributed by atoms with Gasteiger partial charge in [0.1, 0.15) is 23.2 Å². The average molecular weight is 477 g/mol. The number of benzene rings is 1. The summed E-state index contributed by atoms with van der Waals surface area (Å²) >= 11 is 1.36. The number of thioether (sulfide) groups is 1. The summed E-state index contributed by atoms with van der Waals surface area (Å²) in [7, 11) is 0. The van der Waals surface area contributed by atoms with Crippen LogP contribution in [0.25, 0.3) is 16.7 Å². The summed E-state index contributed by atoms with van der Waals surface area (Å²) < 4.78 is 12.5. The first-order chi connectivity index (χ1) is 16.7. The zero-order valence-corrected chi connectivity index (χ0v) is 18.9. The van der Waals surface area contributed by atoms with Crippen LogP contribution in [0.15, 0.2) is 82.0 Å². The van der Waals surface area contributed by atoms with E-state index in [9.17, 15) is 9.59 Å². The van der Waals surface area contributed by atoms with Crippen molar-refractivity contribution in [3.63, 3.8) is 0 Å². The summed E-state index contributed by atoms with van der Waals surface area (Å²) in [6.07, 6.45) is 4.67. The Morgan fingerprint density at radius 3 is 2.82 bits per heavy atom. The van der Waals surface area contributed by atoms with Gasteiger partial charge in [-0.1, -0.05) is 30.0 Å². The maximum atomic E-state index is 12.8. The Balaban J connectivity index is 1.49. The van der Waals surface area contributed by atoms with Gasteiger partial charge in [-0.3, -0.25) is 0 Å². The SMILES string of the molecule is CCOC(=O)C1=C(CSc2ncnc3c2cnn3-c2ccccc2)NC(=O)NC1c1ccco1. The predicted octanol–water partition coefficient (Wildman–Crippen LogP) is 3.37. The van der Waals surface area contributed by atoms with Gasteiger partial charge >= 0.3 is 12.0 Å². The quantitative estimate of drug-likeness (QED) is 0.236. The van der Waals surface area contributed by atoms with E-state index >= 15 is 0 Å². The highest BCUT2D eigenvalue weighted by atomic mass is 32.2. The van der Waals surface area contributed by atoms with Crippen molar-refractivity contribution in [3.8, 4) is 5.69 Å². The van der Waals surface area contributed by atoms with Gasteiger partial charge in [0.25, 0.3) is 0 Å². The third kappa shape index (κ3) is 4.13. The zero-order chi connectivity index (χ0) is 23.5. The molecule has 34 heavy (non-hydrogen) atoms. The fraction of sp³-hybridized carbons (Fsp3) is 0.174. The van der Waals surface area contributed by atoms with Crippen molar-refractivity contribution in [3.05, 3.63) is 78.3 Å². The van der Waals surface area contributed by atoms with E-state index in [1.807, 2.05) is 30.3 Å². The van der Waals surface area contributed by atoms with E-state index < -0.39 is 18.0 Å². The van der Waals surface area contributed by atoms with Crippen molar-refractivity contribution >= 4 is 34.8 Å².